The molecule has 0 N–H and O–H groups in total. The number of hydrogen-bond donors (Lipinski definition) is 0. The first-order valence-corrected chi connectivity index (χ1v) is 5.65. The summed E-state index contributed by atoms with van der Waals surface area (Å²) >= 11 is 0. The van der Waals surface area contributed by atoms with Crippen LogP contribution in [0.25, 0.3) is 0 Å². The standard InChI is InChI=1S/C15H26O/c1-11(14(3,4)5)10-13(12(2)16-9)15(6,7)8/h10H,1-2H2,3-9H3. The van der Waals surface area contributed by atoms with E-state index in [4.69, 9.17) is 4.74 Å². The van der Waals surface area contributed by atoms with Gasteiger partial charge in [-0.05, 0) is 22.0 Å². The van der Waals surface area contributed by atoms with Crippen molar-refractivity contribution in [3.05, 3.63) is 36.1 Å². The molecule has 16 heavy (non-hydrogen) atoms. The van der Waals surface area contributed by atoms with E-state index in [1.165, 1.54) is 0 Å². The molecule has 0 aromatic heterocycles. The Morgan fingerprint density at radius 2 is 1.38 bits per heavy atom. The molecule has 0 radical (unpaired) electrons. The maximum absolute atomic E-state index is 5.25. The van der Waals surface area contributed by atoms with Crippen LogP contribution < -0.4 is 0 Å². The molecule has 0 aliphatic carbocycles. The van der Waals surface area contributed by atoms with Gasteiger partial charge in [-0.3, -0.25) is 0 Å². The lowest BCUT2D eigenvalue weighted by Gasteiger charge is -2.27. The molecule has 0 aromatic carbocycles. The maximum Gasteiger partial charge on any atom is 0.115 e. The van der Waals surface area contributed by atoms with E-state index in [1.54, 1.807) is 7.11 Å². The molecule has 0 fully saturated rings. The molecule has 0 aliphatic heterocycles. The Morgan fingerprint density at radius 3 is 1.62 bits per heavy atom. The minimum absolute atomic E-state index is 0.0152. The fourth-order valence-electron chi connectivity index (χ4n) is 1.22. The van der Waals surface area contributed by atoms with Gasteiger partial charge in [-0.2, -0.15) is 0 Å². The largest absolute Gasteiger partial charge is 0.497 e. The van der Waals surface area contributed by atoms with Gasteiger partial charge in [0.1, 0.15) is 5.76 Å². The third kappa shape index (κ3) is 4.26. The van der Waals surface area contributed by atoms with Crippen LogP contribution in [0.4, 0.5) is 0 Å². The van der Waals surface area contributed by atoms with Crippen LogP contribution in [0.2, 0.25) is 0 Å². The monoisotopic (exact) mass is 222 g/mol. The van der Waals surface area contributed by atoms with Gasteiger partial charge in [-0.1, -0.05) is 60.8 Å². The Labute approximate surface area is 101 Å². The van der Waals surface area contributed by atoms with Gasteiger partial charge in [0.2, 0.25) is 0 Å². The van der Waals surface area contributed by atoms with E-state index in [-0.39, 0.29) is 10.8 Å². The second-order valence-electron chi connectivity index (χ2n) is 6.21. The molecule has 0 saturated carbocycles. The van der Waals surface area contributed by atoms with Gasteiger partial charge in [0.25, 0.3) is 0 Å². The van der Waals surface area contributed by atoms with Gasteiger partial charge in [0.05, 0.1) is 7.11 Å². The van der Waals surface area contributed by atoms with Gasteiger partial charge < -0.3 is 4.74 Å². The SMILES string of the molecule is C=C(OC)C(=CC(=C)C(C)(C)C)C(C)(C)C. The van der Waals surface area contributed by atoms with Gasteiger partial charge in [-0.25, -0.2) is 0 Å². The molecule has 0 bridgehead atoms. The van der Waals surface area contributed by atoms with Crippen molar-refractivity contribution < 1.29 is 4.74 Å². The summed E-state index contributed by atoms with van der Waals surface area (Å²) in [6.45, 7) is 21.0. The van der Waals surface area contributed by atoms with Crippen molar-refractivity contribution >= 4 is 0 Å². The van der Waals surface area contributed by atoms with Crippen molar-refractivity contribution in [1.29, 1.82) is 0 Å². The molecule has 92 valence electrons. The van der Waals surface area contributed by atoms with Gasteiger partial charge in [0.15, 0.2) is 0 Å². The Hall–Kier alpha value is -0.980. The smallest absolute Gasteiger partial charge is 0.115 e. The quantitative estimate of drug-likeness (QED) is 0.496. The first-order chi connectivity index (χ1) is 7.00. The summed E-state index contributed by atoms with van der Waals surface area (Å²) in [5.41, 5.74) is 2.29. The van der Waals surface area contributed by atoms with E-state index in [1.807, 2.05) is 0 Å². The van der Waals surface area contributed by atoms with Crippen LogP contribution in [0.5, 0.6) is 0 Å². The van der Waals surface area contributed by atoms with Crippen LogP contribution in [0.15, 0.2) is 36.1 Å². The molecule has 0 spiro atoms. The molecule has 1 heteroatoms. The minimum Gasteiger partial charge on any atom is -0.497 e. The lowest BCUT2D eigenvalue weighted by Crippen LogP contribution is -2.15. The number of methoxy groups -OCH3 is 1. The number of ether oxygens (including phenoxy) is 1. The highest BCUT2D eigenvalue weighted by Crippen LogP contribution is 2.35. The van der Waals surface area contributed by atoms with Crippen LogP contribution in [0.3, 0.4) is 0 Å². The summed E-state index contributed by atoms with van der Waals surface area (Å²) in [6.07, 6.45) is 2.10. The Kier molecular flexibility index (Phi) is 4.60. The normalized spacial score (nSPS) is 13.6. The molecule has 0 atom stereocenters. The Balaban J connectivity index is 5.31. The average molecular weight is 222 g/mol. The van der Waals surface area contributed by atoms with E-state index in [0.717, 1.165) is 16.9 Å². The highest BCUT2D eigenvalue weighted by atomic mass is 16.5. The van der Waals surface area contributed by atoms with Gasteiger partial charge in [0, 0.05) is 0 Å². The molecule has 0 amide bonds. The minimum atomic E-state index is 0.0152. The Bertz CT molecular complexity index is 305. The second kappa shape index (κ2) is 4.90. The number of hydrogen-bond acceptors (Lipinski definition) is 1. The summed E-state index contributed by atoms with van der Waals surface area (Å²) in [5, 5.41) is 0. The second-order valence-corrected chi connectivity index (χ2v) is 6.21. The average Bonchev–Trinajstić information content (AvgIpc) is 2.09. The van der Waals surface area contributed by atoms with Gasteiger partial charge in [-0.15, -0.1) is 0 Å². The molecule has 0 unspecified atom stereocenters. The number of rotatable bonds is 3. The maximum atomic E-state index is 5.25. The van der Waals surface area contributed by atoms with E-state index in [9.17, 15) is 0 Å². The fraction of sp³-hybridized carbons (Fsp3) is 0.600. The van der Waals surface area contributed by atoms with Crippen molar-refractivity contribution in [2.24, 2.45) is 10.8 Å². The molecule has 1 nitrogen and oxygen atoms in total. The molecular formula is C15H26O. The predicted molar refractivity (Wildman–Crippen MR) is 72.3 cm³/mol. The molecule has 0 saturated heterocycles. The fourth-order valence-corrected chi connectivity index (χ4v) is 1.22. The first-order valence-electron chi connectivity index (χ1n) is 5.65. The summed E-state index contributed by atoms with van der Waals surface area (Å²) < 4.78 is 5.25. The predicted octanol–water partition coefficient (Wildman–Crippen LogP) is 4.72. The zero-order valence-corrected chi connectivity index (χ0v) is 11.9. The zero-order valence-electron chi connectivity index (χ0n) is 11.9. The lowest BCUT2D eigenvalue weighted by atomic mass is 9.80. The van der Waals surface area contributed by atoms with Gasteiger partial charge >= 0.3 is 0 Å². The summed E-state index contributed by atoms with van der Waals surface area (Å²) in [6, 6.07) is 0. The van der Waals surface area contributed by atoms with Crippen molar-refractivity contribution in [2.75, 3.05) is 7.11 Å². The first kappa shape index (κ1) is 15.0. The highest BCUT2D eigenvalue weighted by molar-refractivity contribution is 5.37. The molecule has 0 aliphatic rings. The number of allylic oxidation sites excluding steroid dienone is 3. The molecule has 0 aromatic rings. The topological polar surface area (TPSA) is 9.23 Å². The van der Waals surface area contributed by atoms with Crippen LogP contribution in [0.1, 0.15) is 41.5 Å². The lowest BCUT2D eigenvalue weighted by molar-refractivity contribution is 0.284. The highest BCUT2D eigenvalue weighted by Gasteiger charge is 2.22. The third-order valence-electron chi connectivity index (χ3n) is 2.64. The molecular weight excluding hydrogens is 196 g/mol. The Morgan fingerprint density at radius 1 is 0.938 bits per heavy atom. The van der Waals surface area contributed by atoms with E-state index >= 15 is 0 Å². The van der Waals surface area contributed by atoms with Crippen LogP contribution in [-0.4, -0.2) is 7.11 Å². The third-order valence-corrected chi connectivity index (χ3v) is 2.64. The molecule has 0 rings (SSSR count). The van der Waals surface area contributed by atoms with Crippen molar-refractivity contribution in [3.8, 4) is 0 Å². The van der Waals surface area contributed by atoms with Crippen LogP contribution in [-0.2, 0) is 4.74 Å². The summed E-state index contributed by atoms with van der Waals surface area (Å²) in [4.78, 5) is 0. The van der Waals surface area contributed by atoms with Crippen LogP contribution in [0, 0.1) is 10.8 Å². The van der Waals surface area contributed by atoms with Crippen molar-refractivity contribution in [3.63, 3.8) is 0 Å². The van der Waals surface area contributed by atoms with E-state index in [0.29, 0.717) is 0 Å². The summed E-state index contributed by atoms with van der Waals surface area (Å²) in [7, 11) is 1.65. The van der Waals surface area contributed by atoms with E-state index < -0.39 is 0 Å². The van der Waals surface area contributed by atoms with Crippen molar-refractivity contribution in [2.45, 2.75) is 41.5 Å². The zero-order chi connectivity index (χ0) is 13.1. The van der Waals surface area contributed by atoms with Crippen LogP contribution >= 0.6 is 0 Å². The van der Waals surface area contributed by atoms with Crippen molar-refractivity contribution in [1.82, 2.24) is 0 Å². The summed E-state index contributed by atoms with van der Waals surface area (Å²) in [5.74, 6) is 0.720. The van der Waals surface area contributed by atoms with E-state index in [2.05, 4.69) is 60.8 Å². The molecule has 0 heterocycles.